The second-order valence-corrected chi connectivity index (χ2v) is 10.3. The van der Waals surface area contributed by atoms with E-state index in [2.05, 4.69) is 6.92 Å². The van der Waals surface area contributed by atoms with Crippen molar-refractivity contribution in [2.45, 2.75) is 103 Å². The highest BCUT2D eigenvalue weighted by atomic mass is 16.5. The highest BCUT2D eigenvalue weighted by Crippen LogP contribution is 2.45. The summed E-state index contributed by atoms with van der Waals surface area (Å²) in [6.07, 6.45) is 19.4. The second kappa shape index (κ2) is 8.95. The van der Waals surface area contributed by atoms with Gasteiger partial charge in [-0.3, -0.25) is 0 Å². The fraction of sp³-hybridized carbons (Fsp3) is 1.00. The Morgan fingerprint density at radius 2 is 1.62 bits per heavy atom. The number of methoxy groups -OCH3 is 1. The van der Waals surface area contributed by atoms with E-state index in [-0.39, 0.29) is 0 Å². The Hall–Kier alpha value is -0.0800. The first kappa shape index (κ1) is 19.2. The highest BCUT2D eigenvalue weighted by Gasteiger charge is 2.38. The van der Waals surface area contributed by atoms with Gasteiger partial charge in [0.1, 0.15) is 0 Å². The fourth-order valence-electron chi connectivity index (χ4n) is 7.19. The molecule has 6 unspecified atom stereocenters. The summed E-state index contributed by atoms with van der Waals surface area (Å²) in [6.45, 7) is 3.48. The van der Waals surface area contributed by atoms with Gasteiger partial charge in [-0.05, 0) is 106 Å². The largest absolute Gasteiger partial charge is 0.381 e. The Labute approximate surface area is 161 Å². The smallest absolute Gasteiger partial charge is 0.0602 e. The number of ether oxygens (including phenoxy) is 2. The molecule has 4 saturated carbocycles. The van der Waals surface area contributed by atoms with Crippen LogP contribution in [-0.4, -0.2) is 25.9 Å². The van der Waals surface area contributed by atoms with Gasteiger partial charge in [-0.1, -0.05) is 19.8 Å². The summed E-state index contributed by atoms with van der Waals surface area (Å²) in [5.74, 6) is 5.68. The van der Waals surface area contributed by atoms with Crippen LogP contribution in [0.4, 0.5) is 0 Å². The molecular formula is C24H42O2. The Morgan fingerprint density at radius 3 is 2.50 bits per heavy atom. The molecule has 0 spiro atoms. The lowest BCUT2D eigenvalue weighted by molar-refractivity contribution is -0.0435. The van der Waals surface area contributed by atoms with Crippen LogP contribution < -0.4 is 0 Å². The van der Waals surface area contributed by atoms with Gasteiger partial charge >= 0.3 is 0 Å². The molecule has 0 saturated heterocycles. The van der Waals surface area contributed by atoms with E-state index in [0.717, 1.165) is 42.1 Å². The molecule has 0 radical (unpaired) electrons. The van der Waals surface area contributed by atoms with Crippen molar-refractivity contribution in [3.8, 4) is 0 Å². The van der Waals surface area contributed by atoms with E-state index in [4.69, 9.17) is 9.47 Å². The molecule has 0 N–H and O–H groups in total. The molecule has 4 aliphatic rings. The van der Waals surface area contributed by atoms with Gasteiger partial charge in [-0.15, -0.1) is 0 Å². The predicted octanol–water partition coefficient (Wildman–Crippen LogP) is 6.23. The van der Waals surface area contributed by atoms with Crippen LogP contribution >= 0.6 is 0 Å². The number of hydrogen-bond acceptors (Lipinski definition) is 2. The zero-order valence-electron chi connectivity index (χ0n) is 17.3. The summed E-state index contributed by atoms with van der Waals surface area (Å²) in [5.41, 5.74) is 0. The summed E-state index contributed by atoms with van der Waals surface area (Å²) in [6, 6.07) is 0. The summed E-state index contributed by atoms with van der Waals surface area (Å²) >= 11 is 0. The van der Waals surface area contributed by atoms with E-state index < -0.39 is 0 Å². The maximum atomic E-state index is 6.42. The highest BCUT2D eigenvalue weighted by molar-refractivity contribution is 4.89. The van der Waals surface area contributed by atoms with Crippen LogP contribution in [0, 0.1) is 35.5 Å². The quantitative estimate of drug-likeness (QED) is 0.577. The Balaban J connectivity index is 1.17. The lowest BCUT2D eigenvalue weighted by Gasteiger charge is -2.43. The first-order valence-corrected chi connectivity index (χ1v) is 11.9. The SMILES string of the molecule is COC1CCCC2C[C@H](CCOC3CCC4C[C@H](C)CCC4C3)CCC21. The average Bonchev–Trinajstić information content (AvgIpc) is 2.67. The number of fused-ring (bicyclic) bond motifs is 2. The minimum Gasteiger partial charge on any atom is -0.381 e. The molecule has 2 heteroatoms. The van der Waals surface area contributed by atoms with Crippen LogP contribution in [0.3, 0.4) is 0 Å². The van der Waals surface area contributed by atoms with Gasteiger partial charge in [0.2, 0.25) is 0 Å². The van der Waals surface area contributed by atoms with Crippen molar-refractivity contribution in [2.75, 3.05) is 13.7 Å². The van der Waals surface area contributed by atoms with Crippen LogP contribution in [0.5, 0.6) is 0 Å². The first-order chi connectivity index (χ1) is 12.7. The molecule has 0 aromatic rings. The molecule has 0 aromatic carbocycles. The van der Waals surface area contributed by atoms with Gasteiger partial charge in [-0.25, -0.2) is 0 Å². The van der Waals surface area contributed by atoms with Crippen molar-refractivity contribution in [1.29, 1.82) is 0 Å². The van der Waals surface area contributed by atoms with E-state index >= 15 is 0 Å². The van der Waals surface area contributed by atoms with Crippen molar-refractivity contribution < 1.29 is 9.47 Å². The maximum absolute atomic E-state index is 6.42. The lowest BCUT2D eigenvalue weighted by Crippen LogP contribution is -2.38. The van der Waals surface area contributed by atoms with E-state index in [1.807, 2.05) is 7.11 Å². The lowest BCUT2D eigenvalue weighted by atomic mass is 9.65. The molecule has 0 aromatic heterocycles. The summed E-state index contributed by atoms with van der Waals surface area (Å²) in [4.78, 5) is 0. The molecule has 0 heterocycles. The van der Waals surface area contributed by atoms with E-state index in [0.29, 0.717) is 12.2 Å². The summed E-state index contributed by atoms with van der Waals surface area (Å²) < 4.78 is 12.2. The minimum absolute atomic E-state index is 0.555. The number of hydrogen-bond donors (Lipinski definition) is 0. The van der Waals surface area contributed by atoms with E-state index in [9.17, 15) is 0 Å². The normalized spacial score (nSPS) is 46.4. The van der Waals surface area contributed by atoms with E-state index in [1.54, 1.807) is 0 Å². The predicted molar refractivity (Wildman–Crippen MR) is 107 cm³/mol. The van der Waals surface area contributed by atoms with Gasteiger partial charge in [0, 0.05) is 13.7 Å². The third kappa shape index (κ3) is 4.49. The second-order valence-electron chi connectivity index (χ2n) is 10.3. The molecule has 4 aliphatic carbocycles. The molecule has 4 fully saturated rings. The van der Waals surface area contributed by atoms with Gasteiger partial charge in [0.15, 0.2) is 0 Å². The summed E-state index contributed by atoms with van der Waals surface area (Å²) in [7, 11) is 1.93. The zero-order valence-corrected chi connectivity index (χ0v) is 17.3. The van der Waals surface area contributed by atoms with Gasteiger partial charge in [0.25, 0.3) is 0 Å². The van der Waals surface area contributed by atoms with E-state index in [1.165, 1.54) is 83.5 Å². The molecule has 8 atom stereocenters. The van der Waals surface area contributed by atoms with Crippen molar-refractivity contribution in [3.05, 3.63) is 0 Å². The molecule has 150 valence electrons. The first-order valence-electron chi connectivity index (χ1n) is 11.9. The minimum atomic E-state index is 0.555. The van der Waals surface area contributed by atoms with Crippen LogP contribution in [0.2, 0.25) is 0 Å². The maximum Gasteiger partial charge on any atom is 0.0602 e. The average molecular weight is 363 g/mol. The molecule has 0 bridgehead atoms. The van der Waals surface area contributed by atoms with Gasteiger partial charge in [-0.2, -0.15) is 0 Å². The molecule has 2 nitrogen and oxygen atoms in total. The summed E-state index contributed by atoms with van der Waals surface area (Å²) in [5, 5.41) is 0. The van der Waals surface area contributed by atoms with Crippen LogP contribution in [0.15, 0.2) is 0 Å². The van der Waals surface area contributed by atoms with Gasteiger partial charge in [0.05, 0.1) is 12.2 Å². The van der Waals surface area contributed by atoms with Crippen LogP contribution in [-0.2, 0) is 9.47 Å². The van der Waals surface area contributed by atoms with Crippen molar-refractivity contribution >= 4 is 0 Å². The van der Waals surface area contributed by atoms with Crippen molar-refractivity contribution in [2.24, 2.45) is 35.5 Å². The topological polar surface area (TPSA) is 18.5 Å². The Kier molecular flexibility index (Phi) is 6.62. The molecule has 26 heavy (non-hydrogen) atoms. The Morgan fingerprint density at radius 1 is 0.769 bits per heavy atom. The monoisotopic (exact) mass is 362 g/mol. The van der Waals surface area contributed by atoms with Crippen LogP contribution in [0.25, 0.3) is 0 Å². The fourth-order valence-corrected chi connectivity index (χ4v) is 7.19. The van der Waals surface area contributed by atoms with Crippen molar-refractivity contribution in [1.82, 2.24) is 0 Å². The van der Waals surface area contributed by atoms with Crippen molar-refractivity contribution in [3.63, 3.8) is 0 Å². The third-order valence-electron chi connectivity index (χ3n) is 8.70. The Bertz CT molecular complexity index is 436. The standard InChI is InChI=1S/C24H42O2/c1-17-6-8-20-16-22(10-9-19(20)14-17)26-13-12-18-7-11-23-21(15-18)4-3-5-24(23)25-2/h17-24H,3-16H2,1-2H3/t17-,18+,19?,20?,21?,22?,23?,24?/m1/s1. The zero-order chi connectivity index (χ0) is 17.9. The molecule has 4 rings (SSSR count). The van der Waals surface area contributed by atoms with Crippen LogP contribution in [0.1, 0.15) is 90.4 Å². The molecule has 0 amide bonds. The number of rotatable bonds is 5. The third-order valence-corrected chi connectivity index (χ3v) is 8.70. The van der Waals surface area contributed by atoms with Gasteiger partial charge < -0.3 is 9.47 Å². The molecule has 0 aliphatic heterocycles. The molecular weight excluding hydrogens is 320 g/mol.